The fraction of sp³-hybridized carbons (Fsp3) is 0.353. The van der Waals surface area contributed by atoms with E-state index in [0.29, 0.717) is 24.5 Å². The molecule has 0 aliphatic heterocycles. The van der Waals surface area contributed by atoms with Gasteiger partial charge in [-0.25, -0.2) is 0 Å². The van der Waals surface area contributed by atoms with Gasteiger partial charge in [0, 0.05) is 24.8 Å². The Morgan fingerprint density at radius 3 is 2.39 bits per heavy atom. The molecular weight excluding hydrogens is 296 g/mol. The number of aliphatic hydroxyl groups excluding tert-OH is 1. The summed E-state index contributed by atoms with van der Waals surface area (Å²) >= 11 is 0. The molecule has 124 valence electrons. The van der Waals surface area contributed by atoms with Gasteiger partial charge in [-0.2, -0.15) is 0 Å². The molecule has 0 saturated heterocycles. The Morgan fingerprint density at radius 1 is 1.22 bits per heavy atom. The molecule has 0 aliphatic rings. The van der Waals surface area contributed by atoms with Crippen molar-refractivity contribution in [1.82, 2.24) is 9.47 Å². The van der Waals surface area contributed by atoms with Crippen molar-refractivity contribution in [2.45, 2.75) is 19.7 Å². The van der Waals surface area contributed by atoms with Gasteiger partial charge in [0.25, 0.3) is 0 Å². The maximum Gasteiger partial charge on any atom is 0.223 e. The van der Waals surface area contributed by atoms with Crippen LogP contribution in [0.1, 0.15) is 17.0 Å². The third-order valence-electron chi connectivity index (χ3n) is 3.60. The summed E-state index contributed by atoms with van der Waals surface area (Å²) in [6.45, 7) is 0.564. The number of pyridine rings is 1. The fourth-order valence-electron chi connectivity index (χ4n) is 2.44. The first kappa shape index (κ1) is 17.1. The monoisotopic (exact) mass is 318 g/mol. The number of hydrogen-bond acceptors (Lipinski definition) is 5. The van der Waals surface area contributed by atoms with Crippen LogP contribution in [-0.4, -0.2) is 40.9 Å². The van der Waals surface area contributed by atoms with Gasteiger partial charge in [0.15, 0.2) is 5.75 Å². The van der Waals surface area contributed by atoms with Crippen LogP contribution in [0.25, 0.3) is 0 Å². The molecule has 0 bridgehead atoms. The minimum Gasteiger partial charge on any atom is -0.503 e. The molecule has 0 amide bonds. The minimum atomic E-state index is -0.475. The summed E-state index contributed by atoms with van der Waals surface area (Å²) in [4.78, 5) is 13.7. The molecule has 1 aromatic carbocycles. The van der Waals surface area contributed by atoms with Crippen molar-refractivity contribution in [2.75, 3.05) is 21.2 Å². The lowest BCUT2D eigenvalue weighted by Gasteiger charge is -2.21. The van der Waals surface area contributed by atoms with Crippen LogP contribution < -0.4 is 10.2 Å². The van der Waals surface area contributed by atoms with E-state index in [1.54, 1.807) is 11.7 Å². The Kier molecular flexibility index (Phi) is 5.41. The first-order valence-corrected chi connectivity index (χ1v) is 7.29. The van der Waals surface area contributed by atoms with E-state index in [0.717, 1.165) is 11.3 Å². The van der Waals surface area contributed by atoms with Gasteiger partial charge < -0.3 is 24.4 Å². The van der Waals surface area contributed by atoms with E-state index in [1.165, 1.54) is 6.07 Å². The Balaban J connectivity index is 2.49. The molecule has 0 atom stereocenters. The normalized spacial score (nSPS) is 11.0. The number of ether oxygens (including phenoxy) is 1. The standard InChI is InChI=1S/C17H22N2O4/c1-18(2)10-15-17(22)16(21)8-13(11-20)19(15)9-12-4-6-14(23-3)7-5-12/h4-8,20,22H,9-11H2,1-3H3. The summed E-state index contributed by atoms with van der Waals surface area (Å²) in [5.41, 5.74) is 1.46. The third-order valence-corrected chi connectivity index (χ3v) is 3.60. The number of methoxy groups -OCH3 is 1. The van der Waals surface area contributed by atoms with Gasteiger partial charge >= 0.3 is 0 Å². The van der Waals surface area contributed by atoms with Gasteiger partial charge in [-0.3, -0.25) is 4.79 Å². The van der Waals surface area contributed by atoms with Crippen molar-refractivity contribution in [2.24, 2.45) is 0 Å². The van der Waals surface area contributed by atoms with Crippen molar-refractivity contribution in [1.29, 1.82) is 0 Å². The second-order valence-corrected chi connectivity index (χ2v) is 5.63. The summed E-state index contributed by atoms with van der Waals surface area (Å²) in [6, 6.07) is 8.80. The summed E-state index contributed by atoms with van der Waals surface area (Å²) < 4.78 is 6.92. The molecule has 0 unspecified atom stereocenters. The van der Waals surface area contributed by atoms with E-state index in [9.17, 15) is 15.0 Å². The molecule has 23 heavy (non-hydrogen) atoms. The first-order chi connectivity index (χ1) is 11.0. The maximum atomic E-state index is 11.9. The van der Waals surface area contributed by atoms with Gasteiger partial charge in [-0.15, -0.1) is 0 Å². The zero-order valence-corrected chi connectivity index (χ0v) is 13.6. The van der Waals surface area contributed by atoms with Crippen molar-refractivity contribution in [3.05, 3.63) is 57.5 Å². The van der Waals surface area contributed by atoms with Crippen LogP contribution in [0.2, 0.25) is 0 Å². The number of aromatic nitrogens is 1. The van der Waals surface area contributed by atoms with Gasteiger partial charge in [0.1, 0.15) is 5.75 Å². The highest BCUT2D eigenvalue weighted by atomic mass is 16.5. The number of nitrogens with zero attached hydrogens (tertiary/aromatic N) is 2. The number of benzene rings is 1. The average Bonchev–Trinajstić information content (AvgIpc) is 2.54. The van der Waals surface area contributed by atoms with E-state index < -0.39 is 5.43 Å². The summed E-state index contributed by atoms with van der Waals surface area (Å²) in [5.74, 6) is 0.483. The lowest BCUT2D eigenvalue weighted by molar-refractivity contribution is 0.266. The van der Waals surface area contributed by atoms with E-state index in [4.69, 9.17) is 4.74 Å². The Bertz CT molecular complexity index is 721. The lowest BCUT2D eigenvalue weighted by atomic mass is 10.1. The smallest absolute Gasteiger partial charge is 0.223 e. The minimum absolute atomic E-state index is 0.272. The van der Waals surface area contributed by atoms with Crippen LogP contribution in [0, 0.1) is 0 Å². The number of hydrogen-bond donors (Lipinski definition) is 2. The highest BCUT2D eigenvalue weighted by Crippen LogP contribution is 2.19. The second kappa shape index (κ2) is 7.30. The first-order valence-electron chi connectivity index (χ1n) is 7.29. The molecule has 2 rings (SSSR count). The van der Waals surface area contributed by atoms with Crippen molar-refractivity contribution in [3.63, 3.8) is 0 Å². The average molecular weight is 318 g/mol. The molecule has 2 N–H and O–H groups in total. The van der Waals surface area contributed by atoms with Crippen molar-refractivity contribution >= 4 is 0 Å². The molecule has 0 spiro atoms. The molecule has 1 aromatic heterocycles. The molecular formula is C17H22N2O4. The van der Waals surface area contributed by atoms with E-state index >= 15 is 0 Å². The number of aliphatic hydroxyl groups is 1. The van der Waals surface area contributed by atoms with Crippen LogP contribution in [0.4, 0.5) is 0 Å². The summed E-state index contributed by atoms with van der Waals surface area (Å²) in [5, 5.41) is 19.7. The highest BCUT2D eigenvalue weighted by molar-refractivity contribution is 5.32. The van der Waals surface area contributed by atoms with Gasteiger partial charge in [0.05, 0.1) is 19.4 Å². The molecule has 0 saturated carbocycles. The topological polar surface area (TPSA) is 74.9 Å². The zero-order chi connectivity index (χ0) is 17.0. The van der Waals surface area contributed by atoms with Crippen LogP contribution in [0.5, 0.6) is 11.5 Å². The van der Waals surface area contributed by atoms with E-state index in [-0.39, 0.29) is 12.4 Å². The molecule has 6 heteroatoms. The van der Waals surface area contributed by atoms with Crippen molar-refractivity contribution in [3.8, 4) is 11.5 Å². The Morgan fingerprint density at radius 2 is 1.87 bits per heavy atom. The molecule has 6 nitrogen and oxygen atoms in total. The molecule has 0 aliphatic carbocycles. The van der Waals surface area contributed by atoms with Crippen LogP contribution in [0.3, 0.4) is 0 Å². The Hall–Kier alpha value is -2.31. The maximum absolute atomic E-state index is 11.9. The van der Waals surface area contributed by atoms with Crippen LogP contribution in [-0.2, 0) is 19.7 Å². The molecule has 2 aromatic rings. The number of aromatic hydroxyl groups is 1. The third kappa shape index (κ3) is 3.91. The van der Waals surface area contributed by atoms with Crippen molar-refractivity contribution < 1.29 is 14.9 Å². The lowest BCUT2D eigenvalue weighted by Crippen LogP contribution is -2.23. The Labute approximate surface area is 135 Å². The van der Waals surface area contributed by atoms with Gasteiger partial charge in [-0.05, 0) is 31.8 Å². The van der Waals surface area contributed by atoms with Gasteiger partial charge in [0.2, 0.25) is 5.43 Å². The summed E-state index contributed by atoms with van der Waals surface area (Å²) in [6.07, 6.45) is 0. The predicted octanol–water partition coefficient (Wildman–Crippen LogP) is 1.16. The highest BCUT2D eigenvalue weighted by Gasteiger charge is 2.15. The predicted molar refractivity (Wildman–Crippen MR) is 87.8 cm³/mol. The molecule has 0 radical (unpaired) electrons. The quantitative estimate of drug-likeness (QED) is 0.836. The number of rotatable bonds is 6. The molecule has 0 fully saturated rings. The van der Waals surface area contributed by atoms with E-state index in [2.05, 4.69) is 0 Å². The second-order valence-electron chi connectivity index (χ2n) is 5.63. The van der Waals surface area contributed by atoms with Crippen LogP contribution >= 0.6 is 0 Å². The largest absolute Gasteiger partial charge is 0.503 e. The fourth-order valence-corrected chi connectivity index (χ4v) is 2.44. The van der Waals surface area contributed by atoms with E-state index in [1.807, 2.05) is 43.3 Å². The van der Waals surface area contributed by atoms with Crippen LogP contribution in [0.15, 0.2) is 35.1 Å². The van der Waals surface area contributed by atoms with Gasteiger partial charge in [-0.1, -0.05) is 12.1 Å². The summed E-state index contributed by atoms with van der Waals surface area (Å²) in [7, 11) is 5.31. The SMILES string of the molecule is COc1ccc(Cn2c(CO)cc(=O)c(O)c2CN(C)C)cc1. The molecule has 1 heterocycles. The zero-order valence-electron chi connectivity index (χ0n) is 13.6.